The van der Waals surface area contributed by atoms with E-state index in [0.717, 1.165) is 40.9 Å². The monoisotopic (exact) mass is 444 g/mol. The zero-order valence-electron chi connectivity index (χ0n) is 17.9. The maximum atomic E-state index is 14.1. The highest BCUT2D eigenvalue weighted by Gasteiger charge is 2.19. The van der Waals surface area contributed by atoms with E-state index >= 15 is 0 Å². The molecule has 1 N–H and O–H groups in total. The number of halogens is 1. The minimum atomic E-state index is -0.787. The van der Waals surface area contributed by atoms with Crippen LogP contribution in [0.25, 0.3) is 11.1 Å². The van der Waals surface area contributed by atoms with Crippen LogP contribution < -0.4 is 5.32 Å². The second-order valence-corrected chi connectivity index (χ2v) is 7.63. The maximum Gasteiger partial charge on any atom is 0.276 e. The van der Waals surface area contributed by atoms with Gasteiger partial charge < -0.3 is 9.88 Å². The Kier molecular flexibility index (Phi) is 6.26. The van der Waals surface area contributed by atoms with E-state index in [9.17, 15) is 19.3 Å². The number of nitrogens with one attached hydrogen (secondary N) is 1. The first kappa shape index (κ1) is 21.9. The molecule has 0 atom stereocenters. The van der Waals surface area contributed by atoms with Crippen LogP contribution in [0.3, 0.4) is 0 Å². The van der Waals surface area contributed by atoms with Crippen molar-refractivity contribution in [3.63, 3.8) is 0 Å². The third kappa shape index (κ3) is 4.95. The van der Waals surface area contributed by atoms with Crippen LogP contribution in [0.2, 0.25) is 0 Å². The molecule has 1 amide bonds. The van der Waals surface area contributed by atoms with E-state index in [4.69, 9.17) is 0 Å². The van der Waals surface area contributed by atoms with Gasteiger partial charge in [0, 0.05) is 37.1 Å². The summed E-state index contributed by atoms with van der Waals surface area (Å²) >= 11 is 0. The Morgan fingerprint density at radius 1 is 1.15 bits per heavy atom. The lowest BCUT2D eigenvalue weighted by Gasteiger charge is -2.12. The summed E-state index contributed by atoms with van der Waals surface area (Å²) < 4.78 is 16.1. The predicted molar refractivity (Wildman–Crippen MR) is 122 cm³/mol. The van der Waals surface area contributed by atoms with Gasteiger partial charge in [-0.05, 0) is 35.2 Å². The lowest BCUT2D eigenvalue weighted by atomic mass is 9.98. The van der Waals surface area contributed by atoms with Gasteiger partial charge in [0.15, 0.2) is 0 Å². The second kappa shape index (κ2) is 9.44. The average Bonchev–Trinajstić information content (AvgIpc) is 3.33. The van der Waals surface area contributed by atoms with Crippen LogP contribution >= 0.6 is 0 Å². The van der Waals surface area contributed by atoms with Gasteiger partial charge in [0.25, 0.3) is 11.6 Å². The van der Waals surface area contributed by atoms with Gasteiger partial charge in [0.1, 0.15) is 5.82 Å². The number of hydrogen-bond acceptors (Lipinski definition) is 4. The molecule has 0 saturated heterocycles. The highest BCUT2D eigenvalue weighted by molar-refractivity contribution is 5.95. The van der Waals surface area contributed by atoms with Crippen LogP contribution in [0.1, 0.15) is 27.0 Å². The molecule has 1 aromatic heterocycles. The normalized spacial score (nSPS) is 10.7. The number of carbonyl (C=O) groups is 1. The zero-order chi connectivity index (χ0) is 23.4. The molecule has 33 heavy (non-hydrogen) atoms. The van der Waals surface area contributed by atoms with Crippen molar-refractivity contribution in [2.45, 2.75) is 20.0 Å². The molecule has 1 heterocycles. The Morgan fingerprint density at radius 3 is 2.61 bits per heavy atom. The average molecular weight is 444 g/mol. The summed E-state index contributed by atoms with van der Waals surface area (Å²) in [5, 5.41) is 13.9. The van der Waals surface area contributed by atoms with E-state index in [1.54, 1.807) is 12.5 Å². The molecule has 0 bridgehead atoms. The third-order valence-corrected chi connectivity index (χ3v) is 5.42. The van der Waals surface area contributed by atoms with Gasteiger partial charge in [-0.1, -0.05) is 48.5 Å². The van der Waals surface area contributed by atoms with Crippen LogP contribution in [-0.4, -0.2) is 20.4 Å². The maximum absolute atomic E-state index is 14.1. The van der Waals surface area contributed by atoms with E-state index in [0.29, 0.717) is 0 Å². The number of nitro groups is 1. The fourth-order valence-electron chi connectivity index (χ4n) is 3.60. The number of benzene rings is 3. The van der Waals surface area contributed by atoms with Gasteiger partial charge in [-0.15, -0.1) is 0 Å². The highest BCUT2D eigenvalue weighted by Crippen LogP contribution is 2.25. The fraction of sp³-hybridized carbons (Fsp3) is 0.120. The number of hydrogen-bond donors (Lipinski definition) is 1. The van der Waals surface area contributed by atoms with Gasteiger partial charge in [0.05, 0.1) is 16.8 Å². The van der Waals surface area contributed by atoms with Gasteiger partial charge in [-0.2, -0.15) is 0 Å². The van der Waals surface area contributed by atoms with Gasteiger partial charge in [0.2, 0.25) is 0 Å². The van der Waals surface area contributed by atoms with Crippen LogP contribution in [0.5, 0.6) is 0 Å². The van der Waals surface area contributed by atoms with Crippen LogP contribution in [0.15, 0.2) is 79.4 Å². The van der Waals surface area contributed by atoms with E-state index in [1.807, 2.05) is 59.3 Å². The van der Waals surface area contributed by atoms with Gasteiger partial charge in [-0.3, -0.25) is 14.9 Å². The first-order valence-electron chi connectivity index (χ1n) is 10.3. The van der Waals surface area contributed by atoms with Crippen LogP contribution in [0.4, 0.5) is 10.1 Å². The Bertz CT molecular complexity index is 1300. The number of nitro benzene ring substituents is 1. The fourth-order valence-corrected chi connectivity index (χ4v) is 3.60. The lowest BCUT2D eigenvalue weighted by molar-refractivity contribution is -0.385. The summed E-state index contributed by atoms with van der Waals surface area (Å²) in [4.78, 5) is 27.1. The number of amides is 1. The minimum Gasteiger partial charge on any atom is -0.348 e. The van der Waals surface area contributed by atoms with E-state index < -0.39 is 22.3 Å². The second-order valence-electron chi connectivity index (χ2n) is 7.63. The summed E-state index contributed by atoms with van der Waals surface area (Å²) in [5.74, 6) is -1.37. The smallest absolute Gasteiger partial charge is 0.276 e. The number of aromatic nitrogens is 2. The van der Waals surface area contributed by atoms with Gasteiger partial charge >= 0.3 is 0 Å². The van der Waals surface area contributed by atoms with Gasteiger partial charge in [-0.25, -0.2) is 9.37 Å². The van der Waals surface area contributed by atoms with Crippen molar-refractivity contribution in [2.75, 3.05) is 0 Å². The van der Waals surface area contributed by atoms with Crippen molar-refractivity contribution in [3.05, 3.63) is 118 Å². The van der Waals surface area contributed by atoms with E-state index in [2.05, 4.69) is 10.3 Å². The molecule has 0 fully saturated rings. The number of carbonyl (C=O) groups excluding carboxylic acids is 1. The number of rotatable bonds is 7. The largest absolute Gasteiger partial charge is 0.348 e. The molecule has 0 unspecified atom stereocenters. The lowest BCUT2D eigenvalue weighted by Crippen LogP contribution is -2.23. The molecule has 4 rings (SSSR count). The first-order chi connectivity index (χ1) is 15.9. The summed E-state index contributed by atoms with van der Waals surface area (Å²) in [7, 11) is 0. The molecular formula is C25H21FN4O3. The SMILES string of the molecule is Cc1c(F)cc(C(=O)NCc2ccccc2-c2ccc(Cn3ccnc3)cc2)cc1[N+](=O)[O-]. The Morgan fingerprint density at radius 2 is 1.91 bits per heavy atom. The highest BCUT2D eigenvalue weighted by atomic mass is 19.1. The van der Waals surface area contributed by atoms with Crippen LogP contribution in [0, 0.1) is 22.9 Å². The molecule has 8 heteroatoms. The molecule has 0 aliphatic heterocycles. The third-order valence-electron chi connectivity index (χ3n) is 5.42. The van der Waals surface area contributed by atoms with E-state index in [-0.39, 0.29) is 17.7 Å². The molecule has 3 aromatic carbocycles. The van der Waals surface area contributed by atoms with Crippen molar-refractivity contribution in [1.82, 2.24) is 14.9 Å². The first-order valence-corrected chi connectivity index (χ1v) is 10.3. The molecule has 166 valence electrons. The summed E-state index contributed by atoms with van der Waals surface area (Å²) in [6.45, 7) is 2.22. The molecule has 7 nitrogen and oxygen atoms in total. The molecular weight excluding hydrogens is 423 g/mol. The van der Waals surface area contributed by atoms with Crippen LogP contribution in [-0.2, 0) is 13.1 Å². The molecule has 0 saturated carbocycles. The summed E-state index contributed by atoms with van der Waals surface area (Å²) in [6.07, 6.45) is 5.41. The Labute approximate surface area is 189 Å². The molecule has 0 aliphatic rings. The Balaban J connectivity index is 1.50. The number of imidazole rings is 1. The Hall–Kier alpha value is -4.33. The topological polar surface area (TPSA) is 90.1 Å². The van der Waals surface area contributed by atoms with Crippen molar-refractivity contribution < 1.29 is 14.1 Å². The summed E-state index contributed by atoms with van der Waals surface area (Å²) in [5.41, 5.74) is 3.33. The van der Waals surface area contributed by atoms with Crippen molar-refractivity contribution in [1.29, 1.82) is 0 Å². The molecule has 0 radical (unpaired) electrons. The quantitative estimate of drug-likeness (QED) is 0.325. The molecule has 0 aliphatic carbocycles. The van der Waals surface area contributed by atoms with Crippen molar-refractivity contribution in [3.8, 4) is 11.1 Å². The minimum absolute atomic E-state index is 0.0915. The molecule has 4 aromatic rings. The standard InChI is InChI=1S/C25H21FN4O3/c1-17-23(26)12-21(13-24(17)30(32)33)25(31)28-14-20-4-2-3-5-22(20)19-8-6-18(7-9-19)15-29-11-10-27-16-29/h2-13,16H,14-15H2,1H3,(H,28,31). The molecule has 0 spiro atoms. The zero-order valence-corrected chi connectivity index (χ0v) is 17.9. The van der Waals surface area contributed by atoms with E-state index in [1.165, 1.54) is 6.92 Å². The van der Waals surface area contributed by atoms with Crippen molar-refractivity contribution >= 4 is 11.6 Å². The summed E-state index contributed by atoms with van der Waals surface area (Å²) in [6, 6.07) is 17.9. The number of nitrogens with zero attached hydrogens (tertiary/aromatic N) is 3. The predicted octanol–water partition coefficient (Wildman–Crippen LogP) is 4.88. The van der Waals surface area contributed by atoms with Crippen molar-refractivity contribution in [2.24, 2.45) is 0 Å².